The van der Waals surface area contributed by atoms with Gasteiger partial charge in [-0.05, 0) is 29.3 Å². The molecule has 0 saturated carbocycles. The lowest BCUT2D eigenvalue weighted by molar-refractivity contribution is -0.173. The molecule has 5 nitrogen and oxygen atoms in total. The summed E-state index contributed by atoms with van der Waals surface area (Å²) in [5.74, 6) is -0.469. The van der Waals surface area contributed by atoms with Crippen molar-refractivity contribution in [1.82, 2.24) is 15.1 Å². The molecule has 2 aromatic carbocycles. The molecule has 2 atom stereocenters. The summed E-state index contributed by atoms with van der Waals surface area (Å²) in [6.07, 6.45) is -4.79. The number of halogens is 5. The van der Waals surface area contributed by atoms with Gasteiger partial charge in [-0.3, -0.25) is 4.79 Å². The third-order valence-corrected chi connectivity index (χ3v) is 5.71. The van der Waals surface area contributed by atoms with Gasteiger partial charge in [0, 0.05) is 29.1 Å². The van der Waals surface area contributed by atoms with Crippen molar-refractivity contribution < 1.29 is 18.0 Å². The molecule has 0 saturated heterocycles. The van der Waals surface area contributed by atoms with Crippen LogP contribution in [0.15, 0.2) is 54.6 Å². The number of fused-ring (bicyclic) bond motifs is 1. The summed E-state index contributed by atoms with van der Waals surface area (Å²) in [4.78, 5) is 12.5. The van der Waals surface area contributed by atoms with Crippen LogP contribution in [0, 0.1) is 0 Å². The van der Waals surface area contributed by atoms with E-state index in [4.69, 9.17) is 23.2 Å². The summed E-state index contributed by atoms with van der Waals surface area (Å²) in [6.45, 7) is 0.129. The van der Waals surface area contributed by atoms with Crippen LogP contribution in [-0.4, -0.2) is 21.9 Å². The maximum absolute atomic E-state index is 13.8. The van der Waals surface area contributed by atoms with E-state index in [1.54, 1.807) is 48.5 Å². The number of anilines is 1. The number of alkyl halides is 3. The number of rotatable bonds is 4. The number of carbonyl (C=O) groups excluding carboxylic acids is 1. The van der Waals surface area contributed by atoms with Crippen molar-refractivity contribution in [3.63, 3.8) is 0 Å². The fourth-order valence-corrected chi connectivity index (χ4v) is 3.83. The maximum Gasteiger partial charge on any atom is 0.410 e. The monoisotopic (exact) mass is 468 g/mol. The molecule has 2 unspecified atom stereocenters. The van der Waals surface area contributed by atoms with Crippen molar-refractivity contribution in [2.24, 2.45) is 0 Å². The Bertz CT molecular complexity index is 1100. The van der Waals surface area contributed by atoms with Gasteiger partial charge in [0.1, 0.15) is 5.82 Å². The molecule has 4 rings (SSSR count). The minimum absolute atomic E-state index is 0.111. The predicted octanol–water partition coefficient (Wildman–Crippen LogP) is 5.78. The second kappa shape index (κ2) is 8.43. The summed E-state index contributed by atoms with van der Waals surface area (Å²) in [7, 11) is 0. The first-order chi connectivity index (χ1) is 14.7. The highest BCUT2D eigenvalue weighted by atomic mass is 35.5. The smallest absolute Gasteiger partial charge is 0.363 e. The van der Waals surface area contributed by atoms with Crippen molar-refractivity contribution in [2.75, 3.05) is 5.32 Å². The van der Waals surface area contributed by atoms with Crippen LogP contribution in [0.3, 0.4) is 0 Å². The quantitative estimate of drug-likeness (QED) is 0.510. The molecule has 31 heavy (non-hydrogen) atoms. The van der Waals surface area contributed by atoms with Crippen LogP contribution in [0.4, 0.5) is 19.0 Å². The molecule has 10 heteroatoms. The molecule has 0 bridgehead atoms. The van der Waals surface area contributed by atoms with Gasteiger partial charge in [0.2, 0.25) is 0 Å². The zero-order chi connectivity index (χ0) is 22.2. The molecule has 1 aromatic heterocycles. The maximum atomic E-state index is 13.8. The lowest BCUT2D eigenvalue weighted by Crippen LogP contribution is -2.35. The zero-order valence-electron chi connectivity index (χ0n) is 16.0. The molecule has 1 aliphatic heterocycles. The van der Waals surface area contributed by atoms with Gasteiger partial charge in [-0.1, -0.05) is 53.5 Å². The minimum Gasteiger partial charge on any atom is -0.363 e. The molecule has 3 aromatic rings. The zero-order valence-corrected chi connectivity index (χ0v) is 17.5. The number of amides is 1. The SMILES string of the molecule is O=C(NCc1ccccc1Cl)c1cc2n(n1)C(C(F)(F)F)CC(c1ccc(Cl)cc1)N2. The molecule has 0 fully saturated rings. The van der Waals surface area contributed by atoms with Crippen LogP contribution < -0.4 is 10.6 Å². The van der Waals surface area contributed by atoms with Gasteiger partial charge in [0.25, 0.3) is 5.91 Å². The highest BCUT2D eigenvalue weighted by Crippen LogP contribution is 2.43. The summed E-state index contributed by atoms with van der Waals surface area (Å²) in [5, 5.41) is 10.6. The molecule has 2 N–H and O–H groups in total. The first-order valence-corrected chi connectivity index (χ1v) is 10.2. The van der Waals surface area contributed by atoms with Gasteiger partial charge in [-0.25, -0.2) is 4.68 Å². The van der Waals surface area contributed by atoms with E-state index in [1.807, 2.05) is 0 Å². The van der Waals surface area contributed by atoms with E-state index >= 15 is 0 Å². The van der Waals surface area contributed by atoms with E-state index in [1.165, 1.54) is 6.07 Å². The summed E-state index contributed by atoms with van der Waals surface area (Å²) >= 11 is 12.0. The van der Waals surface area contributed by atoms with Crippen molar-refractivity contribution in [2.45, 2.75) is 31.2 Å². The van der Waals surface area contributed by atoms with E-state index in [0.29, 0.717) is 21.2 Å². The standard InChI is InChI=1S/C21H17Cl2F3N4O/c22-14-7-5-12(6-8-14)16-9-18(21(24,25)26)30-19(28-16)10-17(29-30)20(31)27-11-13-3-1-2-4-15(13)23/h1-8,10,16,18,28H,9,11H2,(H,27,31). The van der Waals surface area contributed by atoms with E-state index in [9.17, 15) is 18.0 Å². The number of nitrogens with zero attached hydrogens (tertiary/aromatic N) is 2. The molecule has 2 heterocycles. The Balaban J connectivity index is 1.58. The Labute approximate surface area is 186 Å². The van der Waals surface area contributed by atoms with Crippen LogP contribution in [0.25, 0.3) is 0 Å². The fourth-order valence-electron chi connectivity index (χ4n) is 3.51. The summed E-state index contributed by atoms with van der Waals surface area (Å²) < 4.78 is 42.1. The van der Waals surface area contributed by atoms with Gasteiger partial charge in [-0.15, -0.1) is 0 Å². The second-order valence-corrected chi connectivity index (χ2v) is 8.02. The Morgan fingerprint density at radius 2 is 1.87 bits per heavy atom. The molecule has 0 spiro atoms. The summed E-state index contributed by atoms with van der Waals surface area (Å²) in [6, 6.07) is 12.4. The highest BCUT2D eigenvalue weighted by molar-refractivity contribution is 6.31. The van der Waals surface area contributed by atoms with Gasteiger partial charge in [0.05, 0.1) is 6.04 Å². The van der Waals surface area contributed by atoms with Gasteiger partial charge < -0.3 is 10.6 Å². The molecule has 1 aliphatic rings. The number of benzene rings is 2. The van der Waals surface area contributed by atoms with Crippen LogP contribution in [0.1, 0.15) is 40.1 Å². The van der Waals surface area contributed by atoms with Crippen LogP contribution in [0.5, 0.6) is 0 Å². The third kappa shape index (κ3) is 4.65. The minimum atomic E-state index is -4.53. The number of carbonyl (C=O) groups is 1. The predicted molar refractivity (Wildman–Crippen MR) is 112 cm³/mol. The fraction of sp³-hybridized carbons (Fsp3) is 0.238. The van der Waals surface area contributed by atoms with E-state index in [0.717, 1.165) is 4.68 Å². The molecule has 1 amide bonds. The average Bonchev–Trinajstić information content (AvgIpc) is 3.16. The molecule has 0 radical (unpaired) electrons. The van der Waals surface area contributed by atoms with Crippen molar-refractivity contribution in [1.29, 1.82) is 0 Å². The highest BCUT2D eigenvalue weighted by Gasteiger charge is 2.46. The van der Waals surface area contributed by atoms with Crippen molar-refractivity contribution >= 4 is 34.9 Å². The molecule has 0 aliphatic carbocycles. The lowest BCUT2D eigenvalue weighted by atomic mass is 9.97. The van der Waals surface area contributed by atoms with Gasteiger partial charge >= 0.3 is 6.18 Å². The number of hydrogen-bond donors (Lipinski definition) is 2. The van der Waals surface area contributed by atoms with Gasteiger partial charge in [-0.2, -0.15) is 18.3 Å². The second-order valence-electron chi connectivity index (χ2n) is 7.18. The van der Waals surface area contributed by atoms with Crippen LogP contribution >= 0.6 is 23.2 Å². The molecular formula is C21H17Cl2F3N4O. The number of aromatic nitrogens is 2. The van der Waals surface area contributed by atoms with Crippen LogP contribution in [0.2, 0.25) is 10.0 Å². The first kappa shape index (κ1) is 21.5. The molecule has 162 valence electrons. The Morgan fingerprint density at radius 1 is 1.16 bits per heavy atom. The Hall–Kier alpha value is -2.71. The Morgan fingerprint density at radius 3 is 2.55 bits per heavy atom. The van der Waals surface area contributed by atoms with Crippen molar-refractivity contribution in [3.05, 3.63) is 81.5 Å². The molecular weight excluding hydrogens is 452 g/mol. The van der Waals surface area contributed by atoms with Gasteiger partial charge in [0.15, 0.2) is 11.7 Å². The summed E-state index contributed by atoms with van der Waals surface area (Å²) in [5.41, 5.74) is 1.24. The average molecular weight is 469 g/mol. The lowest BCUT2D eigenvalue weighted by Gasteiger charge is -2.33. The normalized spacial score (nSPS) is 18.2. The first-order valence-electron chi connectivity index (χ1n) is 9.42. The van der Waals surface area contributed by atoms with Crippen molar-refractivity contribution in [3.8, 4) is 0 Å². The number of hydrogen-bond acceptors (Lipinski definition) is 3. The Kier molecular flexibility index (Phi) is 5.85. The van der Waals surface area contributed by atoms with E-state index < -0.39 is 24.2 Å². The number of nitrogens with one attached hydrogen (secondary N) is 2. The van der Waals surface area contributed by atoms with E-state index in [2.05, 4.69) is 15.7 Å². The third-order valence-electron chi connectivity index (χ3n) is 5.09. The largest absolute Gasteiger partial charge is 0.410 e. The topological polar surface area (TPSA) is 59.0 Å². The van der Waals surface area contributed by atoms with E-state index in [-0.39, 0.29) is 24.5 Å². The van der Waals surface area contributed by atoms with Crippen LogP contribution in [-0.2, 0) is 6.54 Å².